The van der Waals surface area contributed by atoms with E-state index in [1.165, 1.54) is 11.1 Å². The van der Waals surface area contributed by atoms with E-state index in [1.807, 2.05) is 29.6 Å². The second-order valence-corrected chi connectivity index (χ2v) is 8.58. The van der Waals surface area contributed by atoms with Crippen molar-refractivity contribution in [1.29, 1.82) is 0 Å². The maximum Gasteiger partial charge on any atom is 0.309 e. The van der Waals surface area contributed by atoms with E-state index in [9.17, 15) is 9.59 Å². The van der Waals surface area contributed by atoms with E-state index in [-0.39, 0.29) is 12.6 Å². The number of fused-ring (bicyclic) bond motifs is 1. The van der Waals surface area contributed by atoms with Gasteiger partial charge in [-0.1, -0.05) is 36.4 Å². The van der Waals surface area contributed by atoms with Gasteiger partial charge >= 0.3 is 11.8 Å². The summed E-state index contributed by atoms with van der Waals surface area (Å²) in [6.07, 6.45) is 0.979. The van der Waals surface area contributed by atoms with E-state index in [2.05, 4.69) is 51.2 Å². The molecule has 0 bridgehead atoms. The van der Waals surface area contributed by atoms with Gasteiger partial charge in [0.25, 0.3) is 0 Å². The van der Waals surface area contributed by atoms with Crippen molar-refractivity contribution in [3.8, 4) is 5.75 Å². The molecule has 2 amide bonds. The van der Waals surface area contributed by atoms with Crippen molar-refractivity contribution in [2.75, 3.05) is 20.2 Å². The third kappa shape index (κ3) is 5.36. The zero-order valence-electron chi connectivity index (χ0n) is 18.0. The summed E-state index contributed by atoms with van der Waals surface area (Å²) in [4.78, 5) is 27.2. The molecule has 3 aromatic rings. The summed E-state index contributed by atoms with van der Waals surface area (Å²) < 4.78 is 5.13. The fourth-order valence-corrected chi connectivity index (χ4v) is 4.69. The molecular formula is C25H27N3O3S. The molecule has 0 fully saturated rings. The molecule has 2 heterocycles. The summed E-state index contributed by atoms with van der Waals surface area (Å²) in [6, 6.07) is 18.0. The van der Waals surface area contributed by atoms with Crippen LogP contribution in [0.4, 0.5) is 0 Å². The monoisotopic (exact) mass is 449 g/mol. The van der Waals surface area contributed by atoms with Crippen LogP contribution >= 0.6 is 11.3 Å². The summed E-state index contributed by atoms with van der Waals surface area (Å²) in [5, 5.41) is 9.68. The predicted octanol–water partition coefficient (Wildman–Crippen LogP) is 3.29. The Bertz CT molecular complexity index is 1050. The van der Waals surface area contributed by atoms with Gasteiger partial charge < -0.3 is 15.4 Å². The molecule has 7 heteroatoms. The first kappa shape index (κ1) is 22.0. The minimum atomic E-state index is -0.631. The van der Waals surface area contributed by atoms with Crippen LogP contribution in [0, 0.1) is 0 Å². The number of hydrogen-bond acceptors (Lipinski definition) is 5. The van der Waals surface area contributed by atoms with Crippen molar-refractivity contribution >= 4 is 23.2 Å². The standard InChI is InChI=1S/C25H27N3O3S/c1-31-22-8-6-18(7-9-22)14-26-24(29)25(30)27-15-23(21-11-13-32-17-21)28-12-10-19-4-2-3-5-20(19)16-28/h2-9,11,13,17,23H,10,12,14-16H2,1H3,(H,26,29)(H,27,30)/t23-/m1/s1. The molecular weight excluding hydrogens is 422 g/mol. The number of thiophene rings is 1. The second kappa shape index (κ2) is 10.4. The van der Waals surface area contributed by atoms with E-state index in [4.69, 9.17) is 4.74 Å². The van der Waals surface area contributed by atoms with Crippen LogP contribution in [-0.4, -0.2) is 36.9 Å². The summed E-state index contributed by atoms with van der Waals surface area (Å²) in [5.41, 5.74) is 4.76. The lowest BCUT2D eigenvalue weighted by molar-refractivity contribution is -0.139. The number of methoxy groups -OCH3 is 1. The third-order valence-electron chi connectivity index (χ3n) is 5.80. The average Bonchev–Trinajstić information content (AvgIpc) is 3.37. The Balaban J connectivity index is 1.34. The quantitative estimate of drug-likeness (QED) is 0.543. The van der Waals surface area contributed by atoms with Crippen LogP contribution in [-0.2, 0) is 29.1 Å². The van der Waals surface area contributed by atoms with Crippen molar-refractivity contribution in [1.82, 2.24) is 15.5 Å². The summed E-state index contributed by atoms with van der Waals surface area (Å²) in [6.45, 7) is 2.41. The van der Waals surface area contributed by atoms with Crippen LogP contribution in [0.25, 0.3) is 0 Å². The maximum absolute atomic E-state index is 12.5. The first-order chi connectivity index (χ1) is 15.6. The number of nitrogens with zero attached hydrogens (tertiary/aromatic N) is 1. The third-order valence-corrected chi connectivity index (χ3v) is 6.50. The minimum Gasteiger partial charge on any atom is -0.497 e. The average molecular weight is 450 g/mol. The second-order valence-electron chi connectivity index (χ2n) is 7.80. The molecule has 166 valence electrons. The smallest absolute Gasteiger partial charge is 0.309 e. The van der Waals surface area contributed by atoms with Gasteiger partial charge in [0.1, 0.15) is 5.75 Å². The molecule has 32 heavy (non-hydrogen) atoms. The first-order valence-corrected chi connectivity index (χ1v) is 11.6. The normalized spacial score (nSPS) is 14.3. The number of nitrogens with one attached hydrogen (secondary N) is 2. The lowest BCUT2D eigenvalue weighted by Crippen LogP contribution is -2.45. The molecule has 4 rings (SSSR count). The van der Waals surface area contributed by atoms with Crippen molar-refractivity contribution in [3.05, 3.63) is 87.6 Å². The Morgan fingerprint density at radius 2 is 1.78 bits per heavy atom. The van der Waals surface area contributed by atoms with Crippen LogP contribution in [0.1, 0.15) is 28.3 Å². The number of carbonyl (C=O) groups is 2. The molecule has 0 spiro atoms. The molecule has 1 atom stereocenters. The Hall–Kier alpha value is -3.16. The Kier molecular flexibility index (Phi) is 7.19. The number of hydrogen-bond donors (Lipinski definition) is 2. The van der Waals surface area contributed by atoms with Gasteiger partial charge in [-0.3, -0.25) is 14.5 Å². The lowest BCUT2D eigenvalue weighted by atomic mass is 9.97. The fourth-order valence-electron chi connectivity index (χ4n) is 3.98. The highest BCUT2D eigenvalue weighted by molar-refractivity contribution is 7.08. The fraction of sp³-hybridized carbons (Fsp3) is 0.280. The highest BCUT2D eigenvalue weighted by Crippen LogP contribution is 2.28. The summed E-state index contributed by atoms with van der Waals surface area (Å²) >= 11 is 1.64. The zero-order valence-corrected chi connectivity index (χ0v) is 18.9. The predicted molar refractivity (Wildman–Crippen MR) is 125 cm³/mol. The SMILES string of the molecule is COc1ccc(CNC(=O)C(=O)NC[C@H](c2ccsc2)N2CCc3ccccc3C2)cc1. The highest BCUT2D eigenvalue weighted by atomic mass is 32.1. The largest absolute Gasteiger partial charge is 0.497 e. The Labute approximate surface area is 192 Å². The van der Waals surface area contributed by atoms with Crippen LogP contribution in [0.15, 0.2) is 65.4 Å². The van der Waals surface area contributed by atoms with Gasteiger partial charge in [0.15, 0.2) is 0 Å². The Morgan fingerprint density at radius 3 is 2.50 bits per heavy atom. The molecule has 0 radical (unpaired) electrons. The molecule has 0 saturated carbocycles. The van der Waals surface area contributed by atoms with Gasteiger partial charge in [-0.05, 0) is 57.6 Å². The number of ether oxygens (including phenoxy) is 1. The van der Waals surface area contributed by atoms with Crippen molar-refractivity contribution in [2.24, 2.45) is 0 Å². The van der Waals surface area contributed by atoms with Crippen LogP contribution in [0.5, 0.6) is 5.75 Å². The molecule has 0 aliphatic carbocycles. The summed E-state index contributed by atoms with van der Waals surface area (Å²) in [7, 11) is 1.60. The van der Waals surface area contributed by atoms with Crippen LogP contribution in [0.3, 0.4) is 0 Å². The molecule has 1 aliphatic heterocycles. The molecule has 2 N–H and O–H groups in total. The van der Waals surface area contributed by atoms with Crippen LogP contribution < -0.4 is 15.4 Å². The van der Waals surface area contributed by atoms with E-state index in [1.54, 1.807) is 18.4 Å². The van der Waals surface area contributed by atoms with Crippen molar-refractivity contribution in [2.45, 2.75) is 25.6 Å². The zero-order chi connectivity index (χ0) is 22.3. The molecule has 2 aromatic carbocycles. The van der Waals surface area contributed by atoms with Gasteiger partial charge in [-0.2, -0.15) is 11.3 Å². The van der Waals surface area contributed by atoms with Gasteiger partial charge in [-0.15, -0.1) is 0 Å². The van der Waals surface area contributed by atoms with E-state index < -0.39 is 11.8 Å². The first-order valence-electron chi connectivity index (χ1n) is 10.7. The van der Waals surface area contributed by atoms with Crippen LogP contribution in [0.2, 0.25) is 0 Å². The molecule has 6 nitrogen and oxygen atoms in total. The molecule has 0 unspecified atom stereocenters. The number of carbonyl (C=O) groups excluding carboxylic acids is 2. The van der Waals surface area contributed by atoms with Gasteiger partial charge in [0, 0.05) is 26.2 Å². The minimum absolute atomic E-state index is 0.0212. The van der Waals surface area contributed by atoms with E-state index >= 15 is 0 Å². The topological polar surface area (TPSA) is 70.7 Å². The van der Waals surface area contributed by atoms with Crippen molar-refractivity contribution in [3.63, 3.8) is 0 Å². The summed E-state index contributed by atoms with van der Waals surface area (Å²) in [5.74, 6) is -0.498. The van der Waals surface area contributed by atoms with Crippen molar-refractivity contribution < 1.29 is 14.3 Å². The molecule has 1 aliphatic rings. The Morgan fingerprint density at radius 1 is 1.03 bits per heavy atom. The highest BCUT2D eigenvalue weighted by Gasteiger charge is 2.26. The molecule has 0 saturated heterocycles. The van der Waals surface area contributed by atoms with E-state index in [0.717, 1.165) is 36.4 Å². The lowest BCUT2D eigenvalue weighted by Gasteiger charge is -2.35. The maximum atomic E-state index is 12.5. The molecule has 1 aromatic heterocycles. The number of amides is 2. The van der Waals surface area contributed by atoms with Gasteiger partial charge in [0.05, 0.1) is 13.2 Å². The van der Waals surface area contributed by atoms with E-state index in [0.29, 0.717) is 6.54 Å². The number of benzene rings is 2. The van der Waals surface area contributed by atoms with Gasteiger partial charge in [0.2, 0.25) is 0 Å². The van der Waals surface area contributed by atoms with Gasteiger partial charge in [-0.25, -0.2) is 0 Å². The number of rotatable bonds is 7.